The molecule has 1 aromatic heterocycles. The summed E-state index contributed by atoms with van der Waals surface area (Å²) in [5.41, 5.74) is 0.115. The molecule has 84 valence electrons. The molecule has 1 aromatic rings. The summed E-state index contributed by atoms with van der Waals surface area (Å²) in [6, 6.07) is 1.80. The quantitative estimate of drug-likeness (QED) is 0.815. The zero-order valence-electron chi connectivity index (χ0n) is 9.13. The Balaban J connectivity index is 2.53. The lowest BCUT2D eigenvalue weighted by Gasteiger charge is -2.23. The van der Waals surface area contributed by atoms with Crippen LogP contribution in [0.15, 0.2) is 18.5 Å². The lowest BCUT2D eigenvalue weighted by molar-refractivity contribution is 0.0637. The molecule has 0 saturated carbocycles. The minimum Gasteiger partial charge on any atom is -0.388 e. The van der Waals surface area contributed by atoms with Crippen molar-refractivity contribution in [3.05, 3.63) is 23.5 Å². The fourth-order valence-corrected chi connectivity index (χ4v) is 1.62. The Bertz CT molecular complexity index is 315. The topological polar surface area (TPSA) is 45.1 Å². The first-order valence-corrected chi connectivity index (χ1v) is 5.49. The Morgan fingerprint density at radius 3 is 2.93 bits per heavy atom. The number of nitrogens with zero attached hydrogens (tertiary/aromatic N) is 1. The highest BCUT2D eigenvalue weighted by Gasteiger charge is 2.18. The van der Waals surface area contributed by atoms with Gasteiger partial charge in [-0.25, -0.2) is 0 Å². The first-order valence-electron chi connectivity index (χ1n) is 5.11. The zero-order chi connectivity index (χ0) is 11.3. The number of halogens is 1. The molecule has 0 aromatic carbocycles. The summed E-state index contributed by atoms with van der Waals surface area (Å²) in [6.07, 6.45) is 4.97. The summed E-state index contributed by atoms with van der Waals surface area (Å²) < 4.78 is 0. The number of nitrogens with one attached hydrogen (secondary N) is 1. The van der Waals surface area contributed by atoms with Crippen molar-refractivity contribution in [3.63, 3.8) is 0 Å². The number of aliphatic hydroxyl groups is 1. The van der Waals surface area contributed by atoms with Crippen molar-refractivity contribution in [1.29, 1.82) is 0 Å². The van der Waals surface area contributed by atoms with E-state index in [0.717, 1.165) is 18.5 Å². The number of rotatable bonds is 5. The Morgan fingerprint density at radius 1 is 1.60 bits per heavy atom. The van der Waals surface area contributed by atoms with E-state index in [1.54, 1.807) is 18.5 Å². The largest absolute Gasteiger partial charge is 0.388 e. The maximum absolute atomic E-state index is 9.95. The number of pyridine rings is 1. The molecule has 1 heterocycles. The smallest absolute Gasteiger partial charge is 0.0820 e. The van der Waals surface area contributed by atoms with Gasteiger partial charge >= 0.3 is 0 Å². The highest BCUT2D eigenvalue weighted by Crippen LogP contribution is 2.21. The highest BCUT2D eigenvalue weighted by molar-refractivity contribution is 6.33. The van der Waals surface area contributed by atoms with Gasteiger partial charge in [0.05, 0.1) is 16.3 Å². The van der Waals surface area contributed by atoms with Crippen LogP contribution in [0, 0.1) is 0 Å². The minimum atomic E-state index is -0.693. The predicted octanol–water partition coefficient (Wildman–Crippen LogP) is 2.70. The van der Waals surface area contributed by atoms with Crippen LogP contribution < -0.4 is 5.32 Å². The molecule has 15 heavy (non-hydrogen) atoms. The lowest BCUT2D eigenvalue weighted by atomic mass is 10.0. The summed E-state index contributed by atoms with van der Waals surface area (Å²) in [5.74, 6) is 0. The Kier molecular flexibility index (Phi) is 4.36. The molecule has 0 aliphatic rings. The molecule has 1 rings (SSSR count). The van der Waals surface area contributed by atoms with Crippen LogP contribution >= 0.6 is 11.6 Å². The Labute approximate surface area is 95.5 Å². The van der Waals surface area contributed by atoms with Crippen LogP contribution in [0.25, 0.3) is 0 Å². The third-order valence-corrected chi connectivity index (χ3v) is 2.52. The SMILES string of the molecule is CCCC(C)(O)CNc1ccncc1Cl. The molecule has 1 unspecified atom stereocenters. The molecule has 0 amide bonds. The van der Waals surface area contributed by atoms with Crippen molar-refractivity contribution in [1.82, 2.24) is 4.98 Å². The molecule has 0 fully saturated rings. The summed E-state index contributed by atoms with van der Waals surface area (Å²) in [6.45, 7) is 4.36. The molecule has 0 spiro atoms. The van der Waals surface area contributed by atoms with E-state index in [1.165, 1.54) is 0 Å². The van der Waals surface area contributed by atoms with Gasteiger partial charge in [0, 0.05) is 18.9 Å². The number of hydrogen-bond donors (Lipinski definition) is 2. The van der Waals surface area contributed by atoms with Crippen LogP contribution in [0.2, 0.25) is 5.02 Å². The van der Waals surface area contributed by atoms with Gasteiger partial charge in [-0.05, 0) is 19.4 Å². The zero-order valence-corrected chi connectivity index (χ0v) is 9.88. The van der Waals surface area contributed by atoms with Gasteiger partial charge in [-0.1, -0.05) is 24.9 Å². The van der Waals surface area contributed by atoms with Crippen LogP contribution in [-0.2, 0) is 0 Å². The van der Waals surface area contributed by atoms with Gasteiger partial charge in [0.1, 0.15) is 0 Å². The van der Waals surface area contributed by atoms with Crippen LogP contribution in [0.5, 0.6) is 0 Å². The molecule has 3 nitrogen and oxygen atoms in total. The molecular weight excluding hydrogens is 212 g/mol. The molecule has 2 N–H and O–H groups in total. The maximum Gasteiger partial charge on any atom is 0.0820 e. The second-order valence-corrected chi connectivity index (χ2v) is 4.36. The van der Waals surface area contributed by atoms with Crippen LogP contribution in [0.1, 0.15) is 26.7 Å². The van der Waals surface area contributed by atoms with E-state index >= 15 is 0 Å². The predicted molar refractivity (Wildman–Crippen MR) is 63.3 cm³/mol. The minimum absolute atomic E-state index is 0.491. The summed E-state index contributed by atoms with van der Waals surface area (Å²) in [7, 11) is 0. The van der Waals surface area contributed by atoms with Gasteiger partial charge in [-0.3, -0.25) is 4.98 Å². The van der Waals surface area contributed by atoms with E-state index in [0.29, 0.717) is 11.6 Å². The standard InChI is InChI=1S/C11H17ClN2O/c1-3-5-11(2,15)8-14-10-4-6-13-7-9(10)12/h4,6-7,15H,3,5,8H2,1-2H3,(H,13,14). The van der Waals surface area contributed by atoms with Crippen molar-refractivity contribution in [2.45, 2.75) is 32.3 Å². The van der Waals surface area contributed by atoms with Gasteiger partial charge < -0.3 is 10.4 Å². The van der Waals surface area contributed by atoms with Crippen LogP contribution in [0.3, 0.4) is 0 Å². The van der Waals surface area contributed by atoms with Crippen LogP contribution in [0.4, 0.5) is 5.69 Å². The second kappa shape index (κ2) is 5.33. The van der Waals surface area contributed by atoms with Crippen molar-refractivity contribution >= 4 is 17.3 Å². The van der Waals surface area contributed by atoms with Crippen molar-refractivity contribution < 1.29 is 5.11 Å². The van der Waals surface area contributed by atoms with Crippen molar-refractivity contribution in [2.24, 2.45) is 0 Å². The fraction of sp³-hybridized carbons (Fsp3) is 0.545. The van der Waals surface area contributed by atoms with Gasteiger partial charge in [0.25, 0.3) is 0 Å². The second-order valence-electron chi connectivity index (χ2n) is 3.96. The molecule has 1 atom stereocenters. The Morgan fingerprint density at radius 2 is 2.33 bits per heavy atom. The van der Waals surface area contributed by atoms with Gasteiger partial charge in [0.15, 0.2) is 0 Å². The average Bonchev–Trinajstić information content (AvgIpc) is 2.16. The monoisotopic (exact) mass is 228 g/mol. The maximum atomic E-state index is 9.95. The lowest BCUT2D eigenvalue weighted by Crippen LogP contribution is -2.33. The van der Waals surface area contributed by atoms with E-state index in [2.05, 4.69) is 10.3 Å². The Hall–Kier alpha value is -0.800. The number of aromatic nitrogens is 1. The molecule has 0 saturated heterocycles. The average molecular weight is 229 g/mol. The summed E-state index contributed by atoms with van der Waals surface area (Å²) in [4.78, 5) is 3.89. The summed E-state index contributed by atoms with van der Waals surface area (Å²) in [5, 5.41) is 13.6. The van der Waals surface area contributed by atoms with E-state index < -0.39 is 5.60 Å². The van der Waals surface area contributed by atoms with Gasteiger partial charge in [-0.2, -0.15) is 0 Å². The molecule has 4 heteroatoms. The normalized spacial score (nSPS) is 14.7. The molecular formula is C11H17ClN2O. The first kappa shape index (κ1) is 12.3. The molecule has 0 radical (unpaired) electrons. The summed E-state index contributed by atoms with van der Waals surface area (Å²) >= 11 is 5.92. The third kappa shape index (κ3) is 4.06. The van der Waals surface area contributed by atoms with Gasteiger partial charge in [-0.15, -0.1) is 0 Å². The highest BCUT2D eigenvalue weighted by atomic mass is 35.5. The molecule has 0 bridgehead atoms. The van der Waals surface area contributed by atoms with E-state index in [9.17, 15) is 5.11 Å². The third-order valence-electron chi connectivity index (χ3n) is 2.22. The first-order chi connectivity index (χ1) is 7.05. The van der Waals surface area contributed by atoms with E-state index in [4.69, 9.17) is 11.6 Å². The van der Waals surface area contributed by atoms with Crippen molar-refractivity contribution in [2.75, 3.05) is 11.9 Å². The van der Waals surface area contributed by atoms with E-state index in [1.807, 2.05) is 13.8 Å². The fourth-order valence-electron chi connectivity index (χ4n) is 1.43. The molecule has 0 aliphatic carbocycles. The number of anilines is 1. The van der Waals surface area contributed by atoms with Gasteiger partial charge in [0.2, 0.25) is 0 Å². The van der Waals surface area contributed by atoms with Crippen molar-refractivity contribution in [3.8, 4) is 0 Å². The van der Waals surface area contributed by atoms with E-state index in [-0.39, 0.29) is 0 Å². The molecule has 0 aliphatic heterocycles. The number of hydrogen-bond acceptors (Lipinski definition) is 3. The van der Waals surface area contributed by atoms with Crippen LogP contribution in [-0.4, -0.2) is 22.2 Å².